The van der Waals surface area contributed by atoms with E-state index in [1.54, 1.807) is 24.4 Å². The minimum absolute atomic E-state index is 0.0471. The monoisotopic (exact) mass is 314 g/mol. The van der Waals surface area contributed by atoms with Gasteiger partial charge in [-0.15, -0.1) is 0 Å². The van der Waals surface area contributed by atoms with Gasteiger partial charge in [-0.1, -0.05) is 18.2 Å². The van der Waals surface area contributed by atoms with Crippen LogP contribution in [0, 0.1) is 0 Å². The molecule has 6 heteroatoms. The highest BCUT2D eigenvalue weighted by Gasteiger charge is 2.04. The Morgan fingerprint density at radius 2 is 1.96 bits per heavy atom. The fraction of sp³-hybridized carbons (Fsp3) is 0.294. The Kier molecular flexibility index (Phi) is 6.38. The third-order valence-electron chi connectivity index (χ3n) is 3.03. The first-order chi connectivity index (χ1) is 11.1. The number of benzene rings is 1. The molecule has 0 unspecified atom stereocenters. The van der Waals surface area contributed by atoms with Crippen LogP contribution in [0.4, 0.5) is 11.5 Å². The lowest BCUT2D eigenvalue weighted by atomic mass is 10.3. The van der Waals surface area contributed by atoms with Gasteiger partial charge in [-0.3, -0.25) is 4.79 Å². The summed E-state index contributed by atoms with van der Waals surface area (Å²) in [5, 5.41) is 5.96. The molecule has 0 atom stereocenters. The largest absolute Gasteiger partial charge is 0.484 e. The van der Waals surface area contributed by atoms with Crippen molar-refractivity contribution >= 4 is 17.4 Å². The lowest BCUT2D eigenvalue weighted by Crippen LogP contribution is -2.21. The van der Waals surface area contributed by atoms with Gasteiger partial charge in [-0.25, -0.2) is 4.98 Å². The Morgan fingerprint density at radius 1 is 1.17 bits per heavy atom. The van der Waals surface area contributed by atoms with Crippen molar-refractivity contribution in [2.45, 2.75) is 0 Å². The van der Waals surface area contributed by atoms with Crippen molar-refractivity contribution in [3.05, 3.63) is 48.7 Å². The van der Waals surface area contributed by atoms with E-state index in [9.17, 15) is 4.79 Å². The third-order valence-corrected chi connectivity index (χ3v) is 3.03. The summed E-state index contributed by atoms with van der Waals surface area (Å²) in [6.07, 6.45) is 1.70. The maximum Gasteiger partial charge on any atom is 0.263 e. The molecule has 1 amide bonds. The third kappa shape index (κ3) is 6.36. The number of rotatable bonds is 8. The summed E-state index contributed by atoms with van der Waals surface area (Å²) in [5.74, 6) is 0.926. The molecular weight excluding hydrogens is 292 g/mol. The van der Waals surface area contributed by atoms with Crippen molar-refractivity contribution in [1.29, 1.82) is 0 Å². The number of para-hydroxylation sites is 1. The van der Waals surface area contributed by atoms with Crippen molar-refractivity contribution in [2.24, 2.45) is 0 Å². The second-order valence-corrected chi connectivity index (χ2v) is 5.31. The molecule has 0 radical (unpaired) electrons. The number of hydrogen-bond donors (Lipinski definition) is 2. The van der Waals surface area contributed by atoms with Crippen LogP contribution in [0.5, 0.6) is 5.75 Å². The van der Waals surface area contributed by atoms with Crippen LogP contribution in [0.2, 0.25) is 0 Å². The average Bonchev–Trinajstić information content (AvgIpc) is 2.55. The maximum absolute atomic E-state index is 11.8. The van der Waals surface area contributed by atoms with E-state index in [1.165, 1.54) is 0 Å². The minimum Gasteiger partial charge on any atom is -0.484 e. The SMILES string of the molecule is CN(C)CCNc1ccc(NC(=O)COc2ccccc2)nc1. The molecule has 2 N–H and O–H groups in total. The van der Waals surface area contributed by atoms with Gasteiger partial charge < -0.3 is 20.3 Å². The predicted octanol–water partition coefficient (Wildman–Crippen LogP) is 2.07. The van der Waals surface area contributed by atoms with Crippen LogP contribution in [0.3, 0.4) is 0 Å². The van der Waals surface area contributed by atoms with Crippen LogP contribution in [0.25, 0.3) is 0 Å². The normalized spacial score (nSPS) is 10.4. The van der Waals surface area contributed by atoms with E-state index in [0.29, 0.717) is 11.6 Å². The number of pyridine rings is 1. The zero-order chi connectivity index (χ0) is 16.5. The number of nitrogens with zero attached hydrogens (tertiary/aromatic N) is 2. The van der Waals surface area contributed by atoms with E-state index >= 15 is 0 Å². The number of nitrogens with one attached hydrogen (secondary N) is 2. The quantitative estimate of drug-likeness (QED) is 0.781. The van der Waals surface area contributed by atoms with E-state index in [-0.39, 0.29) is 12.5 Å². The van der Waals surface area contributed by atoms with Crippen LogP contribution in [0.15, 0.2) is 48.7 Å². The van der Waals surface area contributed by atoms with Gasteiger partial charge in [0.25, 0.3) is 5.91 Å². The predicted molar refractivity (Wildman–Crippen MR) is 91.8 cm³/mol. The average molecular weight is 314 g/mol. The number of likely N-dealkylation sites (N-methyl/N-ethyl adjacent to an activating group) is 1. The molecule has 0 spiro atoms. The molecule has 0 aliphatic heterocycles. The standard InChI is InChI=1S/C17H22N4O2/c1-21(2)11-10-18-14-8-9-16(19-12-14)20-17(22)13-23-15-6-4-3-5-7-15/h3-9,12,18H,10-11,13H2,1-2H3,(H,19,20,22). The zero-order valence-corrected chi connectivity index (χ0v) is 13.5. The first kappa shape index (κ1) is 16.8. The van der Waals surface area contributed by atoms with Gasteiger partial charge in [0.1, 0.15) is 11.6 Å². The molecule has 0 bridgehead atoms. The van der Waals surface area contributed by atoms with Gasteiger partial charge >= 0.3 is 0 Å². The van der Waals surface area contributed by atoms with Gasteiger partial charge in [-0.05, 0) is 38.4 Å². The molecule has 2 rings (SSSR count). The maximum atomic E-state index is 11.8. The van der Waals surface area contributed by atoms with E-state index in [2.05, 4.69) is 20.5 Å². The lowest BCUT2D eigenvalue weighted by molar-refractivity contribution is -0.118. The second kappa shape index (κ2) is 8.75. The summed E-state index contributed by atoms with van der Waals surface area (Å²) in [6.45, 7) is 1.73. The van der Waals surface area contributed by atoms with Crippen LogP contribution in [-0.4, -0.2) is 49.6 Å². The molecule has 23 heavy (non-hydrogen) atoms. The van der Waals surface area contributed by atoms with Crippen molar-refractivity contribution in [3.8, 4) is 5.75 Å². The smallest absolute Gasteiger partial charge is 0.263 e. The van der Waals surface area contributed by atoms with Crippen molar-refractivity contribution in [3.63, 3.8) is 0 Å². The first-order valence-corrected chi connectivity index (χ1v) is 7.46. The van der Waals surface area contributed by atoms with E-state index in [1.807, 2.05) is 38.4 Å². The molecule has 6 nitrogen and oxygen atoms in total. The van der Waals surface area contributed by atoms with Crippen molar-refractivity contribution < 1.29 is 9.53 Å². The van der Waals surface area contributed by atoms with Gasteiger partial charge in [-0.2, -0.15) is 0 Å². The number of hydrogen-bond acceptors (Lipinski definition) is 5. The highest BCUT2D eigenvalue weighted by Crippen LogP contribution is 2.10. The number of aromatic nitrogens is 1. The molecular formula is C17H22N4O2. The molecule has 1 aromatic carbocycles. The van der Waals surface area contributed by atoms with Crippen LogP contribution in [0.1, 0.15) is 0 Å². The Balaban J connectivity index is 1.75. The molecule has 0 aliphatic rings. The molecule has 122 valence electrons. The second-order valence-electron chi connectivity index (χ2n) is 5.31. The Labute approximate surface area is 136 Å². The van der Waals surface area contributed by atoms with Crippen LogP contribution in [-0.2, 0) is 4.79 Å². The fourth-order valence-corrected chi connectivity index (χ4v) is 1.84. The summed E-state index contributed by atoms with van der Waals surface area (Å²) >= 11 is 0. The number of amides is 1. The summed E-state index contributed by atoms with van der Waals surface area (Å²) in [6, 6.07) is 12.9. The Hall–Kier alpha value is -2.60. The van der Waals surface area contributed by atoms with E-state index < -0.39 is 0 Å². The lowest BCUT2D eigenvalue weighted by Gasteiger charge is -2.11. The summed E-state index contributed by atoms with van der Waals surface area (Å²) < 4.78 is 5.38. The number of anilines is 2. The van der Waals surface area contributed by atoms with E-state index in [0.717, 1.165) is 18.8 Å². The number of ether oxygens (including phenoxy) is 1. The molecule has 0 aliphatic carbocycles. The first-order valence-electron chi connectivity index (χ1n) is 7.46. The molecule has 2 aromatic rings. The highest BCUT2D eigenvalue weighted by atomic mass is 16.5. The molecule has 0 saturated carbocycles. The summed E-state index contributed by atoms with van der Waals surface area (Å²) in [5.41, 5.74) is 0.922. The van der Waals surface area contributed by atoms with Gasteiger partial charge in [0.2, 0.25) is 0 Å². The molecule has 1 heterocycles. The molecule has 0 saturated heterocycles. The zero-order valence-electron chi connectivity index (χ0n) is 13.5. The van der Waals surface area contributed by atoms with Gasteiger partial charge in [0.15, 0.2) is 6.61 Å². The van der Waals surface area contributed by atoms with Crippen LogP contribution < -0.4 is 15.4 Å². The molecule has 0 fully saturated rings. The molecule has 1 aromatic heterocycles. The minimum atomic E-state index is -0.241. The summed E-state index contributed by atoms with van der Waals surface area (Å²) in [7, 11) is 4.05. The number of carbonyl (C=O) groups excluding carboxylic acids is 1. The Morgan fingerprint density at radius 3 is 2.61 bits per heavy atom. The summed E-state index contributed by atoms with van der Waals surface area (Å²) in [4.78, 5) is 18.1. The highest BCUT2D eigenvalue weighted by molar-refractivity contribution is 5.91. The van der Waals surface area contributed by atoms with Crippen LogP contribution >= 0.6 is 0 Å². The van der Waals surface area contributed by atoms with Gasteiger partial charge in [0.05, 0.1) is 11.9 Å². The van der Waals surface area contributed by atoms with Crippen molar-refractivity contribution in [1.82, 2.24) is 9.88 Å². The number of carbonyl (C=O) groups is 1. The topological polar surface area (TPSA) is 66.5 Å². The van der Waals surface area contributed by atoms with Gasteiger partial charge in [0, 0.05) is 13.1 Å². The van der Waals surface area contributed by atoms with E-state index in [4.69, 9.17) is 4.74 Å². The Bertz CT molecular complexity index is 600. The van der Waals surface area contributed by atoms with Crippen molar-refractivity contribution in [2.75, 3.05) is 44.4 Å². The fourth-order valence-electron chi connectivity index (χ4n) is 1.84.